The highest BCUT2D eigenvalue weighted by Gasteiger charge is 2.31. The predicted molar refractivity (Wildman–Crippen MR) is 102 cm³/mol. The van der Waals surface area contributed by atoms with Gasteiger partial charge < -0.3 is 19.5 Å². The minimum Gasteiger partial charge on any atom is -0.446 e. The molecule has 0 spiro atoms. The predicted octanol–water partition coefficient (Wildman–Crippen LogP) is 3.00. The van der Waals surface area contributed by atoms with Gasteiger partial charge in [0, 0.05) is 36.8 Å². The van der Waals surface area contributed by atoms with E-state index >= 15 is 0 Å². The molecule has 9 nitrogen and oxygen atoms in total. The lowest BCUT2D eigenvalue weighted by molar-refractivity contribution is -0.115. The van der Waals surface area contributed by atoms with Gasteiger partial charge in [-0.25, -0.2) is 4.79 Å². The Hall–Kier alpha value is -2.84. The van der Waals surface area contributed by atoms with Crippen LogP contribution in [0.15, 0.2) is 16.7 Å². The summed E-state index contributed by atoms with van der Waals surface area (Å²) in [6.07, 6.45) is 2.17. The third-order valence-corrected chi connectivity index (χ3v) is 5.03. The Labute approximate surface area is 163 Å². The van der Waals surface area contributed by atoms with E-state index in [4.69, 9.17) is 9.26 Å². The zero-order valence-corrected chi connectivity index (χ0v) is 16.7. The zero-order chi connectivity index (χ0) is 20.3. The van der Waals surface area contributed by atoms with Gasteiger partial charge in [-0.05, 0) is 40.0 Å². The van der Waals surface area contributed by atoms with Gasteiger partial charge in [-0.15, -0.1) is 0 Å². The van der Waals surface area contributed by atoms with Crippen molar-refractivity contribution in [2.24, 2.45) is 0 Å². The van der Waals surface area contributed by atoms with Crippen molar-refractivity contribution in [3.05, 3.63) is 29.3 Å². The van der Waals surface area contributed by atoms with Crippen LogP contribution >= 0.6 is 0 Å². The van der Waals surface area contributed by atoms with Crippen molar-refractivity contribution in [2.45, 2.75) is 64.5 Å². The van der Waals surface area contributed by atoms with Crippen molar-refractivity contribution in [3.8, 4) is 0 Å². The molecule has 2 atom stereocenters. The molecular formula is C19H27N5O4. The highest BCUT2D eigenvalue weighted by molar-refractivity contribution is 5.91. The molecule has 28 heavy (non-hydrogen) atoms. The first-order chi connectivity index (χ1) is 13.3. The molecule has 0 aliphatic heterocycles. The molecule has 3 rings (SSSR count). The maximum Gasteiger partial charge on any atom is 0.410 e. The maximum absolute atomic E-state index is 12.1. The van der Waals surface area contributed by atoms with Gasteiger partial charge in [0.25, 0.3) is 0 Å². The number of rotatable bonds is 6. The summed E-state index contributed by atoms with van der Waals surface area (Å²) in [5.41, 5.74) is 1.67. The molecule has 0 aromatic carbocycles. The monoisotopic (exact) mass is 389 g/mol. The van der Waals surface area contributed by atoms with Gasteiger partial charge in [0.2, 0.25) is 5.91 Å². The largest absolute Gasteiger partial charge is 0.446 e. The Morgan fingerprint density at radius 3 is 2.86 bits per heavy atom. The van der Waals surface area contributed by atoms with Crippen molar-refractivity contribution in [3.63, 3.8) is 0 Å². The summed E-state index contributed by atoms with van der Waals surface area (Å²) in [7, 11) is 1.74. The van der Waals surface area contributed by atoms with Crippen LogP contribution in [0.1, 0.15) is 56.2 Å². The molecule has 2 unspecified atom stereocenters. The fourth-order valence-electron chi connectivity index (χ4n) is 3.22. The number of anilines is 1. The van der Waals surface area contributed by atoms with Crippen molar-refractivity contribution >= 4 is 17.8 Å². The molecule has 152 valence electrons. The van der Waals surface area contributed by atoms with E-state index in [1.54, 1.807) is 24.9 Å². The summed E-state index contributed by atoms with van der Waals surface area (Å²) in [5, 5.41) is 13.7. The standard InChI is InChI=1S/C19H27N5O4/c1-11(2)24(4)19(26)27-14-6-5-13(8-14)16-10-17(22-21-16)20-18(25)9-15-7-12(3)23-28-15/h7,10-11,13-14H,5-6,8-9H2,1-4H3,(H2,20,21,22,25). The molecule has 1 fully saturated rings. The molecule has 2 heterocycles. The Bertz CT molecular complexity index is 828. The van der Waals surface area contributed by atoms with Gasteiger partial charge >= 0.3 is 6.09 Å². The van der Waals surface area contributed by atoms with Crippen LogP contribution in [-0.4, -0.2) is 51.4 Å². The third-order valence-electron chi connectivity index (χ3n) is 5.03. The van der Waals surface area contributed by atoms with Gasteiger partial charge in [-0.2, -0.15) is 5.10 Å². The number of aromatic amines is 1. The molecule has 2 amide bonds. The van der Waals surface area contributed by atoms with Gasteiger partial charge in [-0.1, -0.05) is 5.16 Å². The van der Waals surface area contributed by atoms with Crippen LogP contribution in [0.4, 0.5) is 10.6 Å². The summed E-state index contributed by atoms with van der Waals surface area (Å²) < 4.78 is 10.6. The summed E-state index contributed by atoms with van der Waals surface area (Å²) in [6.45, 7) is 5.70. The van der Waals surface area contributed by atoms with Gasteiger partial charge in [-0.3, -0.25) is 9.89 Å². The molecule has 0 saturated heterocycles. The Morgan fingerprint density at radius 1 is 1.39 bits per heavy atom. The number of nitrogens with one attached hydrogen (secondary N) is 2. The second-order valence-electron chi connectivity index (χ2n) is 7.59. The summed E-state index contributed by atoms with van der Waals surface area (Å²) in [4.78, 5) is 25.8. The molecular weight excluding hydrogens is 362 g/mol. The van der Waals surface area contributed by atoms with Crippen LogP contribution in [0.5, 0.6) is 0 Å². The molecule has 0 radical (unpaired) electrons. The molecule has 1 aliphatic rings. The van der Waals surface area contributed by atoms with Gasteiger partial charge in [0.1, 0.15) is 11.9 Å². The van der Waals surface area contributed by atoms with Crippen LogP contribution in [0.3, 0.4) is 0 Å². The topological polar surface area (TPSA) is 113 Å². The zero-order valence-electron chi connectivity index (χ0n) is 16.7. The number of hydrogen-bond acceptors (Lipinski definition) is 6. The number of aryl methyl sites for hydroxylation is 1. The number of carbonyl (C=O) groups excluding carboxylic acids is 2. The first kappa shape index (κ1) is 19.9. The third kappa shape index (κ3) is 4.90. The van der Waals surface area contributed by atoms with Gasteiger partial charge in [0.15, 0.2) is 5.82 Å². The van der Waals surface area contributed by atoms with E-state index in [1.807, 2.05) is 19.9 Å². The number of aromatic nitrogens is 3. The van der Waals surface area contributed by atoms with E-state index in [9.17, 15) is 9.59 Å². The molecule has 1 aliphatic carbocycles. The number of hydrogen-bond donors (Lipinski definition) is 2. The van der Waals surface area contributed by atoms with Crippen molar-refractivity contribution in [1.29, 1.82) is 0 Å². The van der Waals surface area contributed by atoms with E-state index in [2.05, 4.69) is 20.7 Å². The fraction of sp³-hybridized carbons (Fsp3) is 0.579. The van der Waals surface area contributed by atoms with E-state index < -0.39 is 0 Å². The Balaban J connectivity index is 1.50. The lowest BCUT2D eigenvalue weighted by atomic mass is 10.0. The van der Waals surface area contributed by atoms with Crippen LogP contribution in [-0.2, 0) is 16.0 Å². The number of carbonyl (C=O) groups is 2. The van der Waals surface area contributed by atoms with E-state index in [0.717, 1.165) is 30.7 Å². The lowest BCUT2D eigenvalue weighted by Gasteiger charge is -2.23. The molecule has 9 heteroatoms. The molecule has 0 bridgehead atoms. The SMILES string of the molecule is Cc1cc(CC(=O)Nc2cc(C3CCC(OC(=O)N(C)C(C)C)C3)[nH]n2)on1. The highest BCUT2D eigenvalue weighted by Crippen LogP contribution is 2.36. The Kier molecular flexibility index (Phi) is 6.01. The quantitative estimate of drug-likeness (QED) is 0.785. The molecule has 2 N–H and O–H groups in total. The van der Waals surface area contributed by atoms with Crippen molar-refractivity contribution < 1.29 is 18.8 Å². The molecule has 1 saturated carbocycles. The summed E-state index contributed by atoms with van der Waals surface area (Å²) in [6, 6.07) is 3.66. The number of amides is 2. The highest BCUT2D eigenvalue weighted by atomic mass is 16.6. The summed E-state index contributed by atoms with van der Waals surface area (Å²) >= 11 is 0. The maximum atomic E-state index is 12.1. The lowest BCUT2D eigenvalue weighted by Crippen LogP contribution is -2.35. The van der Waals surface area contributed by atoms with Crippen LogP contribution in [0, 0.1) is 6.92 Å². The summed E-state index contributed by atoms with van der Waals surface area (Å²) in [5.74, 6) is 0.982. The first-order valence-electron chi connectivity index (χ1n) is 9.52. The molecule has 2 aromatic rings. The van der Waals surface area contributed by atoms with E-state index in [0.29, 0.717) is 11.6 Å². The average Bonchev–Trinajstić information content (AvgIpc) is 3.36. The van der Waals surface area contributed by atoms with Crippen LogP contribution < -0.4 is 5.32 Å². The van der Waals surface area contributed by atoms with Gasteiger partial charge in [0.05, 0.1) is 12.1 Å². The number of nitrogens with zero attached hydrogens (tertiary/aromatic N) is 3. The number of H-pyrrole nitrogens is 1. The minimum atomic E-state index is -0.291. The second-order valence-corrected chi connectivity index (χ2v) is 7.59. The normalized spacial score (nSPS) is 19.0. The second kappa shape index (κ2) is 8.45. The minimum absolute atomic E-state index is 0.101. The van der Waals surface area contributed by atoms with Crippen molar-refractivity contribution in [2.75, 3.05) is 12.4 Å². The average molecular weight is 389 g/mol. The van der Waals surface area contributed by atoms with Crippen LogP contribution in [0.25, 0.3) is 0 Å². The van der Waals surface area contributed by atoms with Crippen LogP contribution in [0.2, 0.25) is 0 Å². The van der Waals surface area contributed by atoms with E-state index in [-0.39, 0.29) is 36.5 Å². The first-order valence-corrected chi connectivity index (χ1v) is 9.52. The Morgan fingerprint density at radius 2 is 2.18 bits per heavy atom. The number of ether oxygens (including phenoxy) is 1. The smallest absolute Gasteiger partial charge is 0.410 e. The van der Waals surface area contributed by atoms with E-state index in [1.165, 1.54) is 0 Å². The van der Waals surface area contributed by atoms with Crippen molar-refractivity contribution in [1.82, 2.24) is 20.3 Å². The fourth-order valence-corrected chi connectivity index (χ4v) is 3.22. The molecule has 2 aromatic heterocycles.